The zero-order chi connectivity index (χ0) is 26.9. The van der Waals surface area contributed by atoms with Gasteiger partial charge in [-0.05, 0) is 38.2 Å². The molecule has 0 unspecified atom stereocenters. The summed E-state index contributed by atoms with van der Waals surface area (Å²) in [6, 6.07) is 8.56. The van der Waals surface area contributed by atoms with Crippen molar-refractivity contribution in [1.29, 1.82) is 0 Å². The Bertz CT molecular complexity index is 779. The number of carbonyl (C=O) groups is 3. The molecule has 2 heterocycles. The highest BCUT2D eigenvalue weighted by molar-refractivity contribution is 5.79. The lowest BCUT2D eigenvalue weighted by Gasteiger charge is -2.35. The van der Waals surface area contributed by atoms with Gasteiger partial charge in [0.1, 0.15) is 5.75 Å². The quantitative estimate of drug-likeness (QED) is 0.434. The number of nitrogens with two attached hydrogens (primary N) is 1. The number of carboxylic acids is 2. The van der Waals surface area contributed by atoms with E-state index >= 15 is 0 Å². The first kappa shape index (κ1) is 31.3. The Hall–Kier alpha value is -2.69. The van der Waals surface area contributed by atoms with Gasteiger partial charge < -0.3 is 30.7 Å². The minimum atomic E-state index is -0.833. The number of amides is 1. The van der Waals surface area contributed by atoms with Crippen LogP contribution >= 0.6 is 0 Å². The third kappa shape index (κ3) is 13.4. The molecule has 10 heteroatoms. The van der Waals surface area contributed by atoms with Gasteiger partial charge in [0.15, 0.2) is 0 Å². The first-order valence-electron chi connectivity index (χ1n) is 12.6. The number of hydrogen-bond donors (Lipinski definition) is 4. The van der Waals surface area contributed by atoms with Gasteiger partial charge in [-0.25, -0.2) is 0 Å². The highest BCUT2D eigenvalue weighted by atomic mass is 16.5. The van der Waals surface area contributed by atoms with Crippen LogP contribution in [0.4, 0.5) is 0 Å². The molecular formula is C26H43N3O7. The number of aliphatic carboxylic acids is 2. The van der Waals surface area contributed by atoms with Crippen molar-refractivity contribution < 1.29 is 34.1 Å². The fraction of sp³-hybridized carbons (Fsp3) is 0.654. The van der Waals surface area contributed by atoms with E-state index in [0.717, 1.165) is 83.6 Å². The van der Waals surface area contributed by atoms with Gasteiger partial charge in [0, 0.05) is 64.3 Å². The third-order valence-corrected chi connectivity index (χ3v) is 5.78. The van der Waals surface area contributed by atoms with Crippen molar-refractivity contribution in [2.24, 2.45) is 11.7 Å². The average molecular weight is 510 g/mol. The summed E-state index contributed by atoms with van der Waals surface area (Å²) in [6.07, 6.45) is 4.77. The second-order valence-electron chi connectivity index (χ2n) is 9.04. The van der Waals surface area contributed by atoms with Gasteiger partial charge in [-0.3, -0.25) is 19.3 Å². The monoisotopic (exact) mass is 509 g/mol. The highest BCUT2D eigenvalue weighted by Crippen LogP contribution is 2.23. The largest absolute Gasteiger partial charge is 0.493 e. The lowest BCUT2D eigenvalue weighted by molar-refractivity contribution is -0.135. The average Bonchev–Trinajstić information content (AvgIpc) is 3.03. The first-order chi connectivity index (χ1) is 17.1. The fourth-order valence-corrected chi connectivity index (χ4v) is 4.15. The predicted molar refractivity (Wildman–Crippen MR) is 137 cm³/mol. The second kappa shape index (κ2) is 17.7. The standard InChI is InChI=1S/C22H35N3O3.2C2H4O2/c1-2-11-28-21-6-4-3-5-17(21)14-24-22(26)18-7-8-19(23)16-25(15-18)20-9-12-27-13-10-20;2*1-2(3)4/h3-6,18-20H,2,7-16,23H2,1H3,(H,24,26);2*1H3,(H,3,4)/t18-,19+;;/m1../s1. The summed E-state index contributed by atoms with van der Waals surface area (Å²) >= 11 is 0. The molecule has 0 aromatic heterocycles. The molecule has 0 saturated carbocycles. The molecule has 2 aliphatic rings. The summed E-state index contributed by atoms with van der Waals surface area (Å²) in [5.74, 6) is -0.701. The minimum Gasteiger partial charge on any atom is -0.493 e. The Balaban J connectivity index is 0.000000709. The number of carbonyl (C=O) groups excluding carboxylic acids is 1. The number of rotatable bonds is 7. The molecule has 0 radical (unpaired) electrons. The maximum atomic E-state index is 12.9. The summed E-state index contributed by atoms with van der Waals surface area (Å²) in [5.41, 5.74) is 7.33. The van der Waals surface area contributed by atoms with E-state index in [4.69, 9.17) is 35.0 Å². The number of hydrogen-bond acceptors (Lipinski definition) is 7. The van der Waals surface area contributed by atoms with E-state index in [0.29, 0.717) is 19.2 Å². The van der Waals surface area contributed by atoms with Crippen molar-refractivity contribution >= 4 is 17.8 Å². The summed E-state index contributed by atoms with van der Waals surface area (Å²) < 4.78 is 11.3. The van der Waals surface area contributed by atoms with Crippen LogP contribution in [0.3, 0.4) is 0 Å². The van der Waals surface area contributed by atoms with E-state index in [1.54, 1.807) is 0 Å². The van der Waals surface area contributed by atoms with Crippen LogP contribution in [-0.2, 0) is 25.7 Å². The number of ether oxygens (including phenoxy) is 2. The third-order valence-electron chi connectivity index (χ3n) is 5.78. The van der Waals surface area contributed by atoms with Crippen LogP contribution in [-0.4, -0.2) is 78.0 Å². The van der Waals surface area contributed by atoms with Crippen molar-refractivity contribution in [1.82, 2.24) is 10.2 Å². The fourth-order valence-electron chi connectivity index (χ4n) is 4.15. The molecule has 5 N–H and O–H groups in total. The van der Waals surface area contributed by atoms with E-state index in [-0.39, 0.29) is 17.9 Å². The number of nitrogens with one attached hydrogen (secondary N) is 1. The smallest absolute Gasteiger partial charge is 0.300 e. The van der Waals surface area contributed by atoms with Crippen molar-refractivity contribution in [2.45, 2.75) is 71.5 Å². The van der Waals surface area contributed by atoms with Crippen LogP contribution in [0, 0.1) is 5.92 Å². The van der Waals surface area contributed by atoms with Crippen molar-refractivity contribution in [3.8, 4) is 5.75 Å². The molecule has 1 amide bonds. The molecule has 36 heavy (non-hydrogen) atoms. The van der Waals surface area contributed by atoms with Crippen LogP contribution in [0.1, 0.15) is 58.4 Å². The lowest BCUT2D eigenvalue weighted by atomic mass is 10.00. The molecule has 2 saturated heterocycles. The van der Waals surface area contributed by atoms with Crippen molar-refractivity contribution in [2.75, 3.05) is 32.9 Å². The van der Waals surface area contributed by atoms with Gasteiger partial charge in [0.2, 0.25) is 5.91 Å². The van der Waals surface area contributed by atoms with Gasteiger partial charge in [-0.2, -0.15) is 0 Å². The van der Waals surface area contributed by atoms with E-state index in [1.807, 2.05) is 24.3 Å². The maximum absolute atomic E-state index is 12.9. The van der Waals surface area contributed by atoms with Gasteiger partial charge in [-0.1, -0.05) is 25.1 Å². The molecule has 1 aromatic carbocycles. The predicted octanol–water partition coefficient (Wildman–Crippen LogP) is 2.49. The van der Waals surface area contributed by atoms with Crippen LogP contribution in [0.5, 0.6) is 5.75 Å². The Morgan fingerprint density at radius 1 is 1.06 bits per heavy atom. The number of carboxylic acid groups (broad SMARTS) is 2. The Morgan fingerprint density at radius 2 is 1.67 bits per heavy atom. The van der Waals surface area contributed by atoms with Crippen LogP contribution in [0.2, 0.25) is 0 Å². The lowest BCUT2D eigenvalue weighted by Crippen LogP contribution is -2.47. The zero-order valence-electron chi connectivity index (χ0n) is 21.8. The highest BCUT2D eigenvalue weighted by Gasteiger charge is 2.31. The summed E-state index contributed by atoms with van der Waals surface area (Å²) in [6.45, 7) is 8.72. The molecule has 0 aliphatic carbocycles. The maximum Gasteiger partial charge on any atom is 0.300 e. The summed E-state index contributed by atoms with van der Waals surface area (Å²) in [5, 5.41) is 18.0. The van der Waals surface area contributed by atoms with E-state index in [1.165, 1.54) is 0 Å². The molecule has 2 atom stereocenters. The van der Waals surface area contributed by atoms with Crippen LogP contribution in [0.25, 0.3) is 0 Å². The molecule has 0 bridgehead atoms. The van der Waals surface area contributed by atoms with Crippen molar-refractivity contribution in [3.63, 3.8) is 0 Å². The van der Waals surface area contributed by atoms with Crippen molar-refractivity contribution in [3.05, 3.63) is 29.8 Å². The topological polar surface area (TPSA) is 151 Å². The van der Waals surface area contributed by atoms with E-state index in [2.05, 4.69) is 17.1 Å². The number of benzene rings is 1. The second-order valence-corrected chi connectivity index (χ2v) is 9.04. The molecule has 3 rings (SSSR count). The van der Waals surface area contributed by atoms with E-state index < -0.39 is 11.9 Å². The Kier molecular flexibility index (Phi) is 15.4. The van der Waals surface area contributed by atoms with Gasteiger partial charge in [0.25, 0.3) is 11.9 Å². The molecule has 2 aliphatic heterocycles. The minimum absolute atomic E-state index is 0.0138. The number of para-hydroxylation sites is 1. The molecule has 10 nitrogen and oxygen atoms in total. The number of nitrogens with zero attached hydrogens (tertiary/aromatic N) is 1. The van der Waals surface area contributed by atoms with Gasteiger partial charge >= 0.3 is 0 Å². The molecule has 204 valence electrons. The Morgan fingerprint density at radius 3 is 2.28 bits per heavy atom. The van der Waals surface area contributed by atoms with Crippen LogP contribution in [0.15, 0.2) is 24.3 Å². The summed E-state index contributed by atoms with van der Waals surface area (Å²) in [7, 11) is 0. The molecular weight excluding hydrogens is 466 g/mol. The normalized spacial score (nSPS) is 20.4. The molecule has 1 aromatic rings. The molecule has 2 fully saturated rings. The SMILES string of the molecule is CC(=O)O.CC(=O)O.CCCOc1ccccc1CNC(=O)[C@@H]1CC[C@H](N)CN(C2CCOCC2)C1. The Labute approximate surface area is 214 Å². The molecule has 0 spiro atoms. The van der Waals surface area contributed by atoms with Crippen LogP contribution < -0.4 is 15.8 Å². The number of likely N-dealkylation sites (tertiary alicyclic amines) is 1. The van der Waals surface area contributed by atoms with Gasteiger partial charge in [0.05, 0.1) is 12.5 Å². The van der Waals surface area contributed by atoms with Gasteiger partial charge in [-0.15, -0.1) is 0 Å². The first-order valence-corrected chi connectivity index (χ1v) is 12.6. The van der Waals surface area contributed by atoms with E-state index in [9.17, 15) is 4.79 Å². The summed E-state index contributed by atoms with van der Waals surface area (Å²) in [4.78, 5) is 33.4. The zero-order valence-corrected chi connectivity index (χ0v) is 21.8.